The molecule has 0 aromatic carbocycles. The number of guanidine groups is 1. The lowest BCUT2D eigenvalue weighted by Crippen LogP contribution is -2.42. The summed E-state index contributed by atoms with van der Waals surface area (Å²) in [7, 11) is 0. The molecule has 7 heteroatoms. The Labute approximate surface area is 158 Å². The summed E-state index contributed by atoms with van der Waals surface area (Å²) in [6.07, 6.45) is 2.69. The summed E-state index contributed by atoms with van der Waals surface area (Å²) >= 11 is 0. The fraction of sp³-hybridized carbons (Fsp3) is 0.895. The Balaban J connectivity index is 2.34. The van der Waals surface area contributed by atoms with Gasteiger partial charge in [-0.25, -0.2) is 4.79 Å². The highest BCUT2D eigenvalue weighted by Gasteiger charge is 2.26. The van der Waals surface area contributed by atoms with Crippen molar-refractivity contribution in [3.05, 3.63) is 0 Å². The number of hydrogen-bond donors (Lipinski definition) is 2. The number of carbonyl (C=O) groups excluding carboxylic acids is 1. The fourth-order valence-electron chi connectivity index (χ4n) is 2.71. The second kappa shape index (κ2) is 12.0. The van der Waals surface area contributed by atoms with E-state index in [4.69, 9.17) is 14.5 Å². The second-order valence-electron chi connectivity index (χ2n) is 7.61. The zero-order chi connectivity index (χ0) is 19.4. The molecular weight excluding hydrogens is 332 g/mol. The molecule has 0 spiro atoms. The molecule has 0 saturated carbocycles. The van der Waals surface area contributed by atoms with Gasteiger partial charge >= 0.3 is 6.09 Å². The van der Waals surface area contributed by atoms with Crippen LogP contribution in [0.2, 0.25) is 0 Å². The van der Waals surface area contributed by atoms with E-state index in [1.807, 2.05) is 32.6 Å². The van der Waals surface area contributed by atoms with Crippen LogP contribution in [0.3, 0.4) is 0 Å². The minimum absolute atomic E-state index is 0.205. The summed E-state index contributed by atoms with van der Waals surface area (Å²) in [5.41, 5.74) is -0.438. The van der Waals surface area contributed by atoms with Crippen molar-refractivity contribution in [3.63, 3.8) is 0 Å². The fourth-order valence-corrected chi connectivity index (χ4v) is 2.71. The van der Waals surface area contributed by atoms with Crippen molar-refractivity contribution in [3.8, 4) is 0 Å². The van der Waals surface area contributed by atoms with E-state index >= 15 is 0 Å². The first kappa shape index (κ1) is 22.5. The highest BCUT2D eigenvalue weighted by Crippen LogP contribution is 2.19. The van der Waals surface area contributed by atoms with E-state index in [9.17, 15) is 4.79 Å². The number of hydrogen-bond acceptors (Lipinski definition) is 4. The number of ether oxygens (including phenoxy) is 2. The van der Waals surface area contributed by atoms with Gasteiger partial charge in [-0.1, -0.05) is 0 Å². The summed E-state index contributed by atoms with van der Waals surface area (Å²) in [4.78, 5) is 18.6. The zero-order valence-electron chi connectivity index (χ0n) is 17.3. The largest absolute Gasteiger partial charge is 0.444 e. The number of nitrogens with zero attached hydrogens (tertiary/aromatic N) is 2. The van der Waals surface area contributed by atoms with Crippen molar-refractivity contribution in [1.82, 2.24) is 15.5 Å². The van der Waals surface area contributed by atoms with Crippen LogP contribution in [0.5, 0.6) is 0 Å². The van der Waals surface area contributed by atoms with Gasteiger partial charge in [0.25, 0.3) is 0 Å². The van der Waals surface area contributed by atoms with Gasteiger partial charge in [-0.3, -0.25) is 4.99 Å². The van der Waals surface area contributed by atoms with Gasteiger partial charge in [0.05, 0.1) is 0 Å². The molecule has 1 amide bonds. The lowest BCUT2D eigenvalue weighted by molar-refractivity contribution is 0.0187. The summed E-state index contributed by atoms with van der Waals surface area (Å²) in [5.74, 6) is 1.37. The number of amides is 1. The average Bonchev–Trinajstić information content (AvgIpc) is 2.58. The van der Waals surface area contributed by atoms with Crippen LogP contribution in [0, 0.1) is 5.92 Å². The first-order valence-corrected chi connectivity index (χ1v) is 9.93. The summed E-state index contributed by atoms with van der Waals surface area (Å²) in [5, 5.41) is 6.63. The number of carbonyl (C=O) groups is 1. The van der Waals surface area contributed by atoms with Crippen molar-refractivity contribution in [2.75, 3.05) is 45.9 Å². The molecule has 0 atom stereocenters. The van der Waals surface area contributed by atoms with Crippen LogP contribution in [0.25, 0.3) is 0 Å². The maximum absolute atomic E-state index is 12.1. The third-order valence-corrected chi connectivity index (χ3v) is 4.08. The molecule has 26 heavy (non-hydrogen) atoms. The van der Waals surface area contributed by atoms with Gasteiger partial charge in [0.1, 0.15) is 5.60 Å². The van der Waals surface area contributed by atoms with E-state index < -0.39 is 5.60 Å². The van der Waals surface area contributed by atoms with E-state index in [0.29, 0.717) is 5.92 Å². The summed E-state index contributed by atoms with van der Waals surface area (Å²) in [6, 6.07) is 0. The Morgan fingerprint density at radius 2 is 1.88 bits per heavy atom. The summed E-state index contributed by atoms with van der Waals surface area (Å²) in [6.45, 7) is 15.3. The molecule has 1 aliphatic rings. The van der Waals surface area contributed by atoms with Crippen molar-refractivity contribution in [1.29, 1.82) is 0 Å². The zero-order valence-corrected chi connectivity index (χ0v) is 17.3. The Morgan fingerprint density at radius 3 is 2.46 bits per heavy atom. The monoisotopic (exact) mass is 370 g/mol. The maximum Gasteiger partial charge on any atom is 0.410 e. The Bertz CT molecular complexity index is 427. The maximum atomic E-state index is 12.1. The number of likely N-dealkylation sites (tertiary alicyclic amines) is 1. The predicted molar refractivity (Wildman–Crippen MR) is 106 cm³/mol. The number of piperidine rings is 1. The lowest BCUT2D eigenvalue weighted by atomic mass is 9.97. The molecule has 0 radical (unpaired) electrons. The molecule has 1 saturated heterocycles. The van der Waals surface area contributed by atoms with Crippen molar-refractivity contribution < 1.29 is 14.3 Å². The molecule has 152 valence electrons. The quantitative estimate of drug-likeness (QED) is 0.390. The second-order valence-corrected chi connectivity index (χ2v) is 7.61. The third kappa shape index (κ3) is 9.85. The molecule has 7 nitrogen and oxygen atoms in total. The van der Waals surface area contributed by atoms with Gasteiger partial charge in [-0.15, -0.1) is 0 Å². The Morgan fingerprint density at radius 1 is 1.19 bits per heavy atom. The van der Waals surface area contributed by atoms with Crippen LogP contribution in [-0.4, -0.2) is 68.5 Å². The summed E-state index contributed by atoms with van der Waals surface area (Å²) < 4.78 is 10.8. The first-order valence-electron chi connectivity index (χ1n) is 9.93. The normalized spacial score (nSPS) is 16.5. The SMILES string of the molecule is CCNC(=NCC1CCN(C(=O)OC(C)(C)C)CC1)NCCCOCC. The molecule has 1 aliphatic heterocycles. The highest BCUT2D eigenvalue weighted by atomic mass is 16.6. The van der Waals surface area contributed by atoms with Crippen LogP contribution >= 0.6 is 0 Å². The van der Waals surface area contributed by atoms with Gasteiger partial charge in [0.2, 0.25) is 0 Å². The number of nitrogens with one attached hydrogen (secondary N) is 2. The van der Waals surface area contributed by atoms with Crippen molar-refractivity contribution in [2.45, 2.75) is 59.5 Å². The minimum atomic E-state index is -0.438. The first-order chi connectivity index (χ1) is 12.4. The molecule has 0 aliphatic carbocycles. The van der Waals surface area contributed by atoms with Crippen LogP contribution in [0.15, 0.2) is 4.99 Å². The number of aliphatic imine (C=N–C) groups is 1. The van der Waals surface area contributed by atoms with Gasteiger partial charge < -0.3 is 25.0 Å². The topological polar surface area (TPSA) is 75.2 Å². The van der Waals surface area contributed by atoms with Crippen LogP contribution < -0.4 is 10.6 Å². The Kier molecular flexibility index (Phi) is 10.4. The van der Waals surface area contributed by atoms with E-state index in [-0.39, 0.29) is 6.09 Å². The molecule has 1 fully saturated rings. The van der Waals surface area contributed by atoms with Crippen molar-refractivity contribution in [2.24, 2.45) is 10.9 Å². The average molecular weight is 371 g/mol. The van der Waals surface area contributed by atoms with E-state index in [0.717, 1.165) is 71.2 Å². The molecule has 2 N–H and O–H groups in total. The van der Waals surface area contributed by atoms with Crippen molar-refractivity contribution >= 4 is 12.1 Å². The van der Waals surface area contributed by atoms with Crippen LogP contribution in [0.4, 0.5) is 4.79 Å². The smallest absolute Gasteiger partial charge is 0.410 e. The lowest BCUT2D eigenvalue weighted by Gasteiger charge is -2.33. The van der Waals surface area contributed by atoms with Gasteiger partial charge in [-0.2, -0.15) is 0 Å². The van der Waals surface area contributed by atoms with Gasteiger partial charge in [0, 0.05) is 45.9 Å². The molecule has 0 unspecified atom stereocenters. The molecular formula is C19H38N4O3. The predicted octanol–water partition coefficient (Wildman–Crippen LogP) is 2.62. The highest BCUT2D eigenvalue weighted by molar-refractivity contribution is 5.79. The van der Waals surface area contributed by atoms with Crippen LogP contribution in [0.1, 0.15) is 53.9 Å². The molecule has 1 rings (SSSR count). The van der Waals surface area contributed by atoms with E-state index in [2.05, 4.69) is 17.6 Å². The van der Waals surface area contributed by atoms with E-state index in [1.165, 1.54) is 0 Å². The van der Waals surface area contributed by atoms with Gasteiger partial charge in [-0.05, 0) is 59.8 Å². The third-order valence-electron chi connectivity index (χ3n) is 4.08. The van der Waals surface area contributed by atoms with Crippen LogP contribution in [-0.2, 0) is 9.47 Å². The molecule has 0 aromatic rings. The van der Waals surface area contributed by atoms with E-state index in [1.54, 1.807) is 0 Å². The molecule has 0 bridgehead atoms. The standard InChI is InChI=1S/C19H38N4O3/c1-6-20-17(21-11-8-14-25-7-2)22-15-16-9-12-23(13-10-16)18(24)26-19(3,4)5/h16H,6-15H2,1-5H3,(H2,20,21,22). The molecule has 1 heterocycles. The van der Waals surface area contributed by atoms with Gasteiger partial charge in [0.15, 0.2) is 5.96 Å². The Hall–Kier alpha value is -1.50. The minimum Gasteiger partial charge on any atom is -0.444 e. The molecule has 0 aromatic heterocycles. The number of rotatable bonds is 8.